The third-order valence-corrected chi connectivity index (χ3v) is 11.5. The second kappa shape index (κ2) is 11.2. The van der Waals surface area contributed by atoms with Gasteiger partial charge in [-0.05, 0) is 109 Å². The molecule has 6 nitrogen and oxygen atoms in total. The standard InChI is InChI=1S/C38H31N2O4P/c1-38(26-10-18-30(19-11-26)42-32-22-14-28(39)15-23-32,27-12-20-31(21-13-27)43-33-24-16-29(40)17-25-33)45(41)37-9-5-3-7-35(37)34-6-2-4-8-36(34)44-45/h2-25H,39-40H2,1H3. The van der Waals surface area contributed by atoms with Gasteiger partial charge in [0.2, 0.25) is 0 Å². The summed E-state index contributed by atoms with van der Waals surface area (Å²) in [6.45, 7) is 1.99. The van der Waals surface area contributed by atoms with Crippen LogP contribution in [0.15, 0.2) is 146 Å². The molecule has 0 bridgehead atoms. The van der Waals surface area contributed by atoms with Crippen molar-refractivity contribution in [1.82, 2.24) is 0 Å². The molecule has 0 amide bonds. The van der Waals surface area contributed by atoms with Crippen molar-refractivity contribution >= 4 is 24.0 Å². The largest absolute Gasteiger partial charge is 0.457 e. The zero-order valence-electron chi connectivity index (χ0n) is 24.6. The number of fused-ring (bicyclic) bond motifs is 3. The molecule has 45 heavy (non-hydrogen) atoms. The van der Waals surface area contributed by atoms with Crippen molar-refractivity contribution in [3.8, 4) is 39.9 Å². The van der Waals surface area contributed by atoms with Crippen LogP contribution in [0.1, 0.15) is 18.1 Å². The van der Waals surface area contributed by atoms with Crippen LogP contribution in [0.5, 0.6) is 28.7 Å². The predicted molar refractivity (Wildman–Crippen MR) is 181 cm³/mol. The van der Waals surface area contributed by atoms with Crippen molar-refractivity contribution in [2.24, 2.45) is 0 Å². The molecular weight excluding hydrogens is 579 g/mol. The Morgan fingerprint density at radius 1 is 0.533 bits per heavy atom. The lowest BCUT2D eigenvalue weighted by molar-refractivity contribution is 0.461. The first-order valence-electron chi connectivity index (χ1n) is 14.6. The predicted octanol–water partition coefficient (Wildman–Crippen LogP) is 9.36. The molecular formula is C38H31N2O4P. The molecule has 0 fully saturated rings. The molecule has 1 aliphatic rings. The van der Waals surface area contributed by atoms with Crippen molar-refractivity contribution in [1.29, 1.82) is 0 Å². The first-order valence-corrected chi connectivity index (χ1v) is 16.2. The van der Waals surface area contributed by atoms with Gasteiger partial charge in [0, 0.05) is 16.9 Å². The number of hydrogen-bond acceptors (Lipinski definition) is 6. The molecule has 1 aliphatic heterocycles. The molecule has 4 N–H and O–H groups in total. The van der Waals surface area contributed by atoms with Gasteiger partial charge in [0.25, 0.3) is 7.37 Å². The van der Waals surface area contributed by atoms with Crippen LogP contribution in [0.4, 0.5) is 11.4 Å². The Morgan fingerprint density at radius 3 is 1.42 bits per heavy atom. The van der Waals surface area contributed by atoms with E-state index in [0.29, 0.717) is 45.4 Å². The van der Waals surface area contributed by atoms with Gasteiger partial charge in [-0.15, -0.1) is 0 Å². The molecule has 1 atom stereocenters. The summed E-state index contributed by atoms with van der Waals surface area (Å²) in [5.74, 6) is 3.23. The topological polar surface area (TPSA) is 96.8 Å². The summed E-state index contributed by atoms with van der Waals surface area (Å²) in [7, 11) is -3.69. The van der Waals surface area contributed by atoms with Crippen molar-refractivity contribution in [3.63, 3.8) is 0 Å². The van der Waals surface area contributed by atoms with E-state index in [9.17, 15) is 0 Å². The normalized spacial score (nSPS) is 15.3. The molecule has 7 heteroatoms. The lowest BCUT2D eigenvalue weighted by Gasteiger charge is -2.41. The Hall–Kier alpha value is -5.45. The summed E-state index contributed by atoms with van der Waals surface area (Å²) in [6.07, 6.45) is 0. The molecule has 6 aromatic carbocycles. The number of para-hydroxylation sites is 1. The quantitative estimate of drug-likeness (QED) is 0.138. The van der Waals surface area contributed by atoms with Crippen molar-refractivity contribution in [2.75, 3.05) is 11.5 Å². The van der Waals surface area contributed by atoms with E-state index in [1.165, 1.54) is 0 Å². The Labute approximate surface area is 262 Å². The van der Waals surface area contributed by atoms with Crippen LogP contribution in [0, 0.1) is 0 Å². The Balaban J connectivity index is 1.33. The molecule has 7 rings (SSSR count). The van der Waals surface area contributed by atoms with Crippen LogP contribution < -0.4 is 30.8 Å². The van der Waals surface area contributed by atoms with Gasteiger partial charge >= 0.3 is 0 Å². The fourth-order valence-electron chi connectivity index (χ4n) is 5.79. The van der Waals surface area contributed by atoms with Crippen LogP contribution in [0.3, 0.4) is 0 Å². The maximum Gasteiger partial charge on any atom is 0.292 e. The third-order valence-electron chi connectivity index (χ3n) is 8.28. The molecule has 0 aliphatic carbocycles. The fourth-order valence-corrected chi connectivity index (χ4v) is 8.76. The van der Waals surface area contributed by atoms with E-state index in [1.54, 1.807) is 24.3 Å². The molecule has 6 aromatic rings. The number of benzene rings is 6. The molecule has 0 saturated heterocycles. The van der Waals surface area contributed by atoms with E-state index in [2.05, 4.69) is 0 Å². The Morgan fingerprint density at radius 2 is 0.933 bits per heavy atom. The second-order valence-electron chi connectivity index (χ2n) is 11.1. The molecule has 1 heterocycles. The number of hydrogen-bond donors (Lipinski definition) is 2. The van der Waals surface area contributed by atoms with Gasteiger partial charge in [-0.25, -0.2) is 0 Å². The van der Waals surface area contributed by atoms with Crippen LogP contribution in [-0.4, -0.2) is 0 Å². The minimum absolute atomic E-state index is 0.595. The van der Waals surface area contributed by atoms with Crippen molar-refractivity contribution < 1.29 is 18.6 Å². The number of anilines is 2. The molecule has 0 spiro atoms. The van der Waals surface area contributed by atoms with Crippen LogP contribution in [-0.2, 0) is 9.72 Å². The summed E-state index contributed by atoms with van der Waals surface area (Å²) in [5, 5.41) is -0.411. The maximum atomic E-state index is 15.7. The van der Waals surface area contributed by atoms with Crippen LogP contribution in [0.25, 0.3) is 11.1 Å². The van der Waals surface area contributed by atoms with Gasteiger partial charge in [-0.1, -0.05) is 60.7 Å². The van der Waals surface area contributed by atoms with E-state index in [4.69, 9.17) is 25.5 Å². The highest BCUT2D eigenvalue weighted by atomic mass is 31.2. The highest BCUT2D eigenvalue weighted by Gasteiger charge is 2.53. The molecule has 222 valence electrons. The van der Waals surface area contributed by atoms with Crippen molar-refractivity contribution in [2.45, 2.75) is 12.1 Å². The van der Waals surface area contributed by atoms with Gasteiger partial charge in [0.15, 0.2) is 0 Å². The molecule has 0 saturated carbocycles. The van der Waals surface area contributed by atoms with E-state index >= 15 is 4.57 Å². The van der Waals surface area contributed by atoms with E-state index in [-0.39, 0.29) is 0 Å². The average Bonchev–Trinajstić information content (AvgIpc) is 3.07. The molecule has 0 aromatic heterocycles. The summed E-state index contributed by atoms with van der Waals surface area (Å²) in [5.41, 5.74) is 16.5. The lowest BCUT2D eigenvalue weighted by Crippen LogP contribution is -2.34. The average molecular weight is 611 g/mol. The SMILES string of the molecule is CC(c1ccc(Oc2ccc(N)cc2)cc1)(c1ccc(Oc2ccc(N)cc2)cc1)P1(=O)Oc2ccccc2-c2ccccc21. The Kier molecular flexibility index (Phi) is 7.07. The summed E-state index contributed by atoms with van der Waals surface area (Å²) >= 11 is 0. The lowest BCUT2D eigenvalue weighted by atomic mass is 9.92. The van der Waals surface area contributed by atoms with Gasteiger partial charge in [0.05, 0.1) is 5.30 Å². The maximum absolute atomic E-state index is 15.7. The van der Waals surface area contributed by atoms with Gasteiger partial charge in [-0.2, -0.15) is 0 Å². The third kappa shape index (κ3) is 5.09. The van der Waals surface area contributed by atoms with E-state index in [1.807, 2.05) is 128 Å². The summed E-state index contributed by atoms with van der Waals surface area (Å²) in [6, 6.07) is 45.4. The van der Waals surface area contributed by atoms with Crippen molar-refractivity contribution in [3.05, 3.63) is 157 Å². The smallest absolute Gasteiger partial charge is 0.292 e. The first-order chi connectivity index (χ1) is 21.8. The second-order valence-corrected chi connectivity index (χ2v) is 13.8. The van der Waals surface area contributed by atoms with E-state index < -0.39 is 12.5 Å². The summed E-state index contributed by atoms with van der Waals surface area (Å²) in [4.78, 5) is 0. The van der Waals surface area contributed by atoms with Crippen LogP contribution >= 0.6 is 7.37 Å². The van der Waals surface area contributed by atoms with Gasteiger partial charge in [-0.3, -0.25) is 4.57 Å². The highest BCUT2D eigenvalue weighted by molar-refractivity contribution is 7.69. The van der Waals surface area contributed by atoms with Gasteiger partial charge in [0.1, 0.15) is 33.9 Å². The minimum Gasteiger partial charge on any atom is -0.457 e. The monoisotopic (exact) mass is 610 g/mol. The fraction of sp³-hybridized carbons (Fsp3) is 0.0526. The number of nitrogens with two attached hydrogens (primary N) is 2. The number of nitrogen functional groups attached to an aromatic ring is 2. The van der Waals surface area contributed by atoms with E-state index in [0.717, 1.165) is 22.3 Å². The number of rotatable bonds is 7. The Bertz CT molecular complexity index is 1930. The zero-order valence-corrected chi connectivity index (χ0v) is 25.5. The number of ether oxygens (including phenoxy) is 2. The highest BCUT2D eigenvalue weighted by Crippen LogP contribution is 2.69. The molecule has 1 unspecified atom stereocenters. The first kappa shape index (κ1) is 28.3. The van der Waals surface area contributed by atoms with Crippen LogP contribution in [0.2, 0.25) is 0 Å². The minimum atomic E-state index is -3.69. The molecule has 0 radical (unpaired) electrons. The summed E-state index contributed by atoms with van der Waals surface area (Å²) < 4.78 is 34.6. The zero-order chi connectivity index (χ0) is 31.0. The van der Waals surface area contributed by atoms with Gasteiger partial charge < -0.3 is 25.5 Å².